The first-order valence-electron chi connectivity index (χ1n) is 10.9. The molecular weight excluding hydrogens is 456 g/mol. The number of nitrogens with two attached hydrogens (primary N) is 1. The van der Waals surface area contributed by atoms with Crippen LogP contribution in [0.25, 0.3) is 0 Å². The van der Waals surface area contributed by atoms with Crippen LogP contribution in [0.5, 0.6) is 11.5 Å². The predicted molar refractivity (Wildman–Crippen MR) is 119 cm³/mol. The minimum Gasteiger partial charge on any atom is -0.493 e. The molecule has 0 bridgehead atoms. The van der Waals surface area contributed by atoms with Crippen molar-refractivity contribution in [3.63, 3.8) is 0 Å². The SMILES string of the molecule is COc1cc2c(cc1OS(N)(=O)=O)CC[C@@H]1[C@@H]2CC[C@]2(C)[C@@H](OS(=O)(=O)N(C)C)CC[C@@H]12. The van der Waals surface area contributed by atoms with Crippen LogP contribution in [-0.4, -0.2) is 48.4 Å². The van der Waals surface area contributed by atoms with Gasteiger partial charge in [0.25, 0.3) is 0 Å². The minimum atomic E-state index is -4.15. The molecule has 5 atom stereocenters. The molecule has 3 aliphatic rings. The summed E-state index contributed by atoms with van der Waals surface area (Å²) >= 11 is 0. The molecule has 32 heavy (non-hydrogen) atoms. The summed E-state index contributed by atoms with van der Waals surface area (Å²) in [7, 11) is -3.44. The van der Waals surface area contributed by atoms with E-state index in [1.54, 1.807) is 6.07 Å². The molecule has 0 heterocycles. The van der Waals surface area contributed by atoms with Gasteiger partial charge in [-0.2, -0.15) is 26.3 Å². The molecular formula is C21H32N2O7S2. The molecule has 1 aromatic rings. The minimum absolute atomic E-state index is 0.107. The van der Waals surface area contributed by atoms with Crippen molar-refractivity contribution in [1.29, 1.82) is 0 Å². The van der Waals surface area contributed by atoms with Gasteiger partial charge in [0.05, 0.1) is 13.2 Å². The maximum absolute atomic E-state index is 12.4. The number of rotatable bonds is 6. The van der Waals surface area contributed by atoms with Crippen molar-refractivity contribution in [3.8, 4) is 11.5 Å². The fourth-order valence-corrected chi connectivity index (χ4v) is 7.43. The molecule has 0 radical (unpaired) electrons. The van der Waals surface area contributed by atoms with Crippen LogP contribution in [0, 0.1) is 17.3 Å². The van der Waals surface area contributed by atoms with E-state index in [1.165, 1.54) is 21.2 Å². The van der Waals surface area contributed by atoms with Crippen LogP contribution in [0.3, 0.4) is 0 Å². The number of hydrogen-bond acceptors (Lipinski definition) is 7. The molecule has 0 amide bonds. The van der Waals surface area contributed by atoms with Gasteiger partial charge in [-0.05, 0) is 85.0 Å². The van der Waals surface area contributed by atoms with E-state index >= 15 is 0 Å². The average Bonchev–Trinajstić information content (AvgIpc) is 3.01. The zero-order valence-electron chi connectivity index (χ0n) is 18.9. The Morgan fingerprint density at radius 1 is 1.06 bits per heavy atom. The summed E-state index contributed by atoms with van der Waals surface area (Å²) in [6.07, 6.45) is 4.86. The van der Waals surface area contributed by atoms with Crippen molar-refractivity contribution in [1.82, 2.24) is 4.31 Å². The maximum Gasteiger partial charge on any atom is 0.380 e. The van der Waals surface area contributed by atoms with Gasteiger partial charge in [0.1, 0.15) is 0 Å². The molecule has 0 unspecified atom stereocenters. The number of hydrogen-bond donors (Lipinski definition) is 1. The van der Waals surface area contributed by atoms with E-state index < -0.39 is 20.6 Å². The molecule has 1 aromatic carbocycles. The maximum atomic E-state index is 12.4. The van der Waals surface area contributed by atoms with Crippen LogP contribution < -0.4 is 14.1 Å². The van der Waals surface area contributed by atoms with Crippen molar-refractivity contribution >= 4 is 20.6 Å². The van der Waals surface area contributed by atoms with Crippen molar-refractivity contribution in [3.05, 3.63) is 23.3 Å². The summed E-state index contributed by atoms with van der Waals surface area (Å²) in [5, 5.41) is 5.06. The number of fused-ring (bicyclic) bond motifs is 5. The van der Waals surface area contributed by atoms with Gasteiger partial charge < -0.3 is 8.92 Å². The Hall–Kier alpha value is -1.40. The summed E-state index contributed by atoms with van der Waals surface area (Å²) in [4.78, 5) is 0. The number of nitrogens with zero attached hydrogens (tertiary/aromatic N) is 1. The van der Waals surface area contributed by atoms with E-state index in [4.69, 9.17) is 18.2 Å². The fraction of sp³-hybridized carbons (Fsp3) is 0.714. The Balaban J connectivity index is 1.62. The lowest BCUT2D eigenvalue weighted by molar-refractivity contribution is -0.0103. The van der Waals surface area contributed by atoms with Crippen molar-refractivity contribution < 1.29 is 29.9 Å². The lowest BCUT2D eigenvalue weighted by Crippen LogP contribution is -2.46. The molecule has 11 heteroatoms. The standard InChI is InChI=1S/C21H32N2O7S2/c1-21-10-9-14-15(17(21)7-8-20(21)30-32(26,27)23(2)3)6-5-13-11-19(29-31(22,24)25)18(28-4)12-16(13)14/h11-12,14-15,17,20H,5-10H2,1-4H3,(H2,22,24,25)/t14-,15+,17-,20-,21-/m0/s1. The average molecular weight is 489 g/mol. The second-order valence-corrected chi connectivity index (χ2v) is 12.6. The third-order valence-corrected chi connectivity index (χ3v) is 9.59. The molecule has 4 rings (SSSR count). The second kappa shape index (κ2) is 8.12. The number of benzene rings is 1. The summed E-state index contributed by atoms with van der Waals surface area (Å²) in [5.41, 5.74) is 2.02. The van der Waals surface area contributed by atoms with Gasteiger partial charge in [0.2, 0.25) is 0 Å². The monoisotopic (exact) mass is 488 g/mol. The molecule has 9 nitrogen and oxygen atoms in total. The Kier molecular flexibility index (Phi) is 6.03. The first-order chi connectivity index (χ1) is 14.9. The van der Waals surface area contributed by atoms with Crippen LogP contribution in [0.2, 0.25) is 0 Å². The number of aryl methyl sites for hydroxylation is 1. The second-order valence-electron chi connectivity index (χ2n) is 9.64. The van der Waals surface area contributed by atoms with E-state index in [1.807, 2.05) is 6.07 Å². The Morgan fingerprint density at radius 3 is 2.41 bits per heavy atom. The lowest BCUT2D eigenvalue weighted by atomic mass is 9.55. The molecule has 2 saturated carbocycles. The third kappa shape index (κ3) is 4.13. The Bertz CT molecular complexity index is 1100. The van der Waals surface area contributed by atoms with E-state index in [0.717, 1.165) is 54.0 Å². The van der Waals surface area contributed by atoms with E-state index in [2.05, 4.69) is 6.92 Å². The van der Waals surface area contributed by atoms with Gasteiger partial charge in [-0.25, -0.2) is 0 Å². The molecule has 2 fully saturated rings. The van der Waals surface area contributed by atoms with Crippen molar-refractivity contribution in [2.75, 3.05) is 21.2 Å². The number of ether oxygens (including phenoxy) is 1. The predicted octanol–water partition coefficient (Wildman–Crippen LogP) is 2.33. The van der Waals surface area contributed by atoms with Gasteiger partial charge in [-0.1, -0.05) is 6.92 Å². The molecule has 0 spiro atoms. The zero-order valence-corrected chi connectivity index (χ0v) is 20.5. The quantitative estimate of drug-likeness (QED) is 0.651. The topological polar surface area (TPSA) is 125 Å². The third-order valence-electron chi connectivity index (χ3n) is 7.81. The normalized spacial score (nSPS) is 32.2. The Labute approximate surface area is 190 Å². The summed E-state index contributed by atoms with van der Waals surface area (Å²) in [6.45, 7) is 2.18. The number of methoxy groups -OCH3 is 1. The van der Waals surface area contributed by atoms with E-state index in [9.17, 15) is 16.8 Å². The van der Waals surface area contributed by atoms with Crippen LogP contribution in [0.1, 0.15) is 56.1 Å². The fourth-order valence-electron chi connectivity index (χ4n) is 6.27. The van der Waals surface area contributed by atoms with Gasteiger partial charge in [0.15, 0.2) is 11.5 Å². The zero-order chi connectivity index (χ0) is 23.5. The molecule has 2 N–H and O–H groups in total. The lowest BCUT2D eigenvalue weighted by Gasteiger charge is -2.50. The summed E-state index contributed by atoms with van der Waals surface area (Å²) < 4.78 is 64.8. The first kappa shape index (κ1) is 23.7. The molecule has 0 saturated heterocycles. The van der Waals surface area contributed by atoms with Crippen LogP contribution in [-0.2, 0) is 31.2 Å². The van der Waals surface area contributed by atoms with Gasteiger partial charge in [-0.15, -0.1) is 0 Å². The summed E-state index contributed by atoms with van der Waals surface area (Å²) in [5.74, 6) is 1.53. The van der Waals surface area contributed by atoms with Crippen LogP contribution in [0.15, 0.2) is 12.1 Å². The highest BCUT2D eigenvalue weighted by atomic mass is 32.2. The summed E-state index contributed by atoms with van der Waals surface area (Å²) in [6, 6.07) is 3.61. The van der Waals surface area contributed by atoms with E-state index in [-0.39, 0.29) is 17.3 Å². The highest BCUT2D eigenvalue weighted by Gasteiger charge is 2.56. The molecule has 180 valence electrons. The highest BCUT2D eigenvalue weighted by Crippen LogP contribution is 2.62. The van der Waals surface area contributed by atoms with Gasteiger partial charge in [0, 0.05) is 14.1 Å². The van der Waals surface area contributed by atoms with Gasteiger partial charge in [-0.3, -0.25) is 4.18 Å². The van der Waals surface area contributed by atoms with Crippen molar-refractivity contribution in [2.45, 2.75) is 57.5 Å². The highest BCUT2D eigenvalue weighted by molar-refractivity contribution is 7.84. The van der Waals surface area contributed by atoms with Gasteiger partial charge >= 0.3 is 20.6 Å². The smallest absolute Gasteiger partial charge is 0.380 e. The van der Waals surface area contributed by atoms with Crippen molar-refractivity contribution in [2.24, 2.45) is 22.4 Å². The molecule has 0 aromatic heterocycles. The largest absolute Gasteiger partial charge is 0.493 e. The Morgan fingerprint density at radius 2 is 1.78 bits per heavy atom. The van der Waals surface area contributed by atoms with Crippen LogP contribution >= 0.6 is 0 Å². The molecule has 0 aliphatic heterocycles. The van der Waals surface area contributed by atoms with Crippen LogP contribution in [0.4, 0.5) is 0 Å². The van der Waals surface area contributed by atoms with E-state index in [0.29, 0.717) is 23.5 Å². The molecule has 3 aliphatic carbocycles. The first-order valence-corrected chi connectivity index (χ1v) is 13.7.